The lowest BCUT2D eigenvalue weighted by Gasteiger charge is -2.34. The van der Waals surface area contributed by atoms with Crippen molar-refractivity contribution in [1.29, 1.82) is 0 Å². The highest BCUT2D eigenvalue weighted by Crippen LogP contribution is 2.31. The van der Waals surface area contributed by atoms with Crippen LogP contribution < -0.4 is 15.4 Å². The molecule has 1 aliphatic rings. The highest BCUT2D eigenvalue weighted by Gasteiger charge is 2.23. The number of carbonyl (C=O) groups is 1. The van der Waals surface area contributed by atoms with E-state index in [2.05, 4.69) is 4.90 Å². The van der Waals surface area contributed by atoms with Crippen LogP contribution in [-0.4, -0.2) is 25.1 Å². The first-order valence-corrected chi connectivity index (χ1v) is 8.76. The van der Waals surface area contributed by atoms with Crippen LogP contribution in [0, 0.1) is 11.6 Å². The third kappa shape index (κ3) is 4.02. The first-order chi connectivity index (χ1) is 12.3. The number of amides is 1. The fourth-order valence-electron chi connectivity index (χ4n) is 2.90. The average molecular weight is 401 g/mol. The number of carbonyl (C=O) groups excluding carboxylic acids is 1. The minimum atomic E-state index is -0.887. The summed E-state index contributed by atoms with van der Waals surface area (Å²) >= 11 is 11.9. The molecule has 4 nitrogen and oxygen atoms in total. The van der Waals surface area contributed by atoms with Gasteiger partial charge >= 0.3 is 0 Å². The molecule has 2 aromatic rings. The number of anilines is 1. The van der Waals surface area contributed by atoms with Crippen LogP contribution in [-0.2, 0) is 0 Å². The monoisotopic (exact) mass is 400 g/mol. The zero-order chi connectivity index (χ0) is 18.8. The van der Waals surface area contributed by atoms with Gasteiger partial charge in [-0.2, -0.15) is 0 Å². The standard InChI is InChI=1S/C18H16Cl2F2N2O2/c19-13-7-10(1-2-15(13)21)24-5-3-11(4-6-24)26-17-9-16(22)12(18(23)25)8-14(17)20/h1-2,7-9,11H,3-6H2,(H2,23,25). The molecular weight excluding hydrogens is 385 g/mol. The van der Waals surface area contributed by atoms with Crippen LogP contribution in [0.4, 0.5) is 14.5 Å². The zero-order valence-electron chi connectivity index (χ0n) is 13.6. The van der Waals surface area contributed by atoms with Crippen molar-refractivity contribution in [3.8, 4) is 5.75 Å². The summed E-state index contributed by atoms with van der Waals surface area (Å²) in [5, 5.41) is 0.214. The van der Waals surface area contributed by atoms with E-state index in [1.807, 2.05) is 0 Å². The van der Waals surface area contributed by atoms with Crippen molar-refractivity contribution in [3.05, 3.63) is 57.6 Å². The number of rotatable bonds is 4. The summed E-state index contributed by atoms with van der Waals surface area (Å²) in [5.41, 5.74) is 5.66. The molecule has 1 saturated heterocycles. The van der Waals surface area contributed by atoms with Gasteiger partial charge in [-0.05, 0) is 24.3 Å². The minimum absolute atomic E-state index is 0.0812. The number of halogens is 4. The van der Waals surface area contributed by atoms with E-state index in [4.69, 9.17) is 33.7 Å². The van der Waals surface area contributed by atoms with Crippen LogP contribution >= 0.6 is 23.2 Å². The van der Waals surface area contributed by atoms with E-state index in [-0.39, 0.29) is 27.5 Å². The first kappa shape index (κ1) is 18.7. The van der Waals surface area contributed by atoms with Gasteiger partial charge in [-0.1, -0.05) is 23.2 Å². The number of benzene rings is 2. The zero-order valence-corrected chi connectivity index (χ0v) is 15.2. The second kappa shape index (κ2) is 7.68. The van der Waals surface area contributed by atoms with Gasteiger partial charge in [0.25, 0.3) is 5.91 Å². The predicted molar refractivity (Wildman–Crippen MR) is 97.2 cm³/mol. The highest BCUT2D eigenvalue weighted by molar-refractivity contribution is 6.32. The van der Waals surface area contributed by atoms with Gasteiger partial charge in [-0.15, -0.1) is 0 Å². The SMILES string of the molecule is NC(=O)c1cc(Cl)c(OC2CCN(c3ccc(F)c(Cl)c3)CC2)cc1F. The molecule has 0 aromatic heterocycles. The van der Waals surface area contributed by atoms with Crippen molar-refractivity contribution in [3.63, 3.8) is 0 Å². The van der Waals surface area contributed by atoms with Crippen LogP contribution in [0.15, 0.2) is 30.3 Å². The Balaban J connectivity index is 1.65. The molecule has 138 valence electrons. The van der Waals surface area contributed by atoms with E-state index >= 15 is 0 Å². The Morgan fingerprint density at radius 1 is 1.08 bits per heavy atom. The van der Waals surface area contributed by atoms with Gasteiger partial charge in [0, 0.05) is 37.7 Å². The molecule has 8 heteroatoms. The number of primary amides is 1. The van der Waals surface area contributed by atoms with E-state index in [0.29, 0.717) is 25.9 Å². The molecule has 3 rings (SSSR count). The second-order valence-corrected chi connectivity index (χ2v) is 6.84. The summed E-state index contributed by atoms with van der Waals surface area (Å²) in [6, 6.07) is 6.85. The van der Waals surface area contributed by atoms with Gasteiger partial charge in [0.05, 0.1) is 15.6 Å². The molecule has 0 atom stereocenters. The molecule has 0 aliphatic carbocycles. The summed E-state index contributed by atoms with van der Waals surface area (Å²) in [4.78, 5) is 13.2. The van der Waals surface area contributed by atoms with Gasteiger partial charge in [0.2, 0.25) is 0 Å². The van der Waals surface area contributed by atoms with Gasteiger partial charge in [-0.3, -0.25) is 4.79 Å². The number of nitrogens with zero attached hydrogens (tertiary/aromatic N) is 1. The van der Waals surface area contributed by atoms with Crippen molar-refractivity contribution >= 4 is 34.8 Å². The van der Waals surface area contributed by atoms with E-state index < -0.39 is 17.5 Å². The Hall–Kier alpha value is -2.05. The Bertz CT molecular complexity index is 840. The smallest absolute Gasteiger partial charge is 0.251 e. The molecule has 1 fully saturated rings. The number of ether oxygens (including phenoxy) is 1. The largest absolute Gasteiger partial charge is 0.489 e. The third-order valence-electron chi connectivity index (χ3n) is 4.29. The van der Waals surface area contributed by atoms with Gasteiger partial charge in [-0.25, -0.2) is 8.78 Å². The van der Waals surface area contributed by atoms with Gasteiger partial charge in [0.1, 0.15) is 23.5 Å². The molecule has 2 N–H and O–H groups in total. The molecule has 26 heavy (non-hydrogen) atoms. The molecular formula is C18H16Cl2F2N2O2. The Kier molecular flexibility index (Phi) is 5.53. The number of piperidine rings is 1. The van der Waals surface area contributed by atoms with Gasteiger partial charge in [0.15, 0.2) is 0 Å². The summed E-state index contributed by atoms with van der Waals surface area (Å²) in [5.74, 6) is -1.93. The van der Waals surface area contributed by atoms with Gasteiger partial charge < -0.3 is 15.4 Å². The molecule has 0 saturated carbocycles. The van der Waals surface area contributed by atoms with Crippen LogP contribution in [0.5, 0.6) is 5.75 Å². The van der Waals surface area contributed by atoms with Crippen molar-refractivity contribution in [2.24, 2.45) is 5.73 Å². The fourth-order valence-corrected chi connectivity index (χ4v) is 3.28. The lowest BCUT2D eigenvalue weighted by atomic mass is 10.1. The molecule has 0 bridgehead atoms. The molecule has 1 amide bonds. The Labute approximate surface area is 159 Å². The van der Waals surface area contributed by atoms with Crippen molar-refractivity contribution < 1.29 is 18.3 Å². The lowest BCUT2D eigenvalue weighted by Crippen LogP contribution is -2.38. The average Bonchev–Trinajstić information content (AvgIpc) is 2.60. The maximum atomic E-state index is 13.9. The maximum absolute atomic E-state index is 13.9. The molecule has 0 radical (unpaired) electrons. The molecule has 2 aromatic carbocycles. The molecule has 0 spiro atoms. The predicted octanol–water partition coefficient (Wildman–Crippen LogP) is 4.42. The summed E-state index contributed by atoms with van der Waals surface area (Å²) < 4.78 is 33.0. The molecule has 0 unspecified atom stereocenters. The third-order valence-corrected chi connectivity index (χ3v) is 4.88. The van der Waals surface area contributed by atoms with Crippen LogP contribution in [0.3, 0.4) is 0 Å². The second-order valence-electron chi connectivity index (χ2n) is 6.03. The van der Waals surface area contributed by atoms with E-state index in [9.17, 15) is 13.6 Å². The fraction of sp³-hybridized carbons (Fsp3) is 0.278. The Morgan fingerprint density at radius 3 is 2.38 bits per heavy atom. The number of hydrogen-bond donors (Lipinski definition) is 1. The van der Waals surface area contributed by atoms with Crippen molar-refractivity contribution in [1.82, 2.24) is 0 Å². The normalized spacial score (nSPS) is 15.2. The van der Waals surface area contributed by atoms with Crippen LogP contribution in [0.1, 0.15) is 23.2 Å². The quantitative estimate of drug-likeness (QED) is 0.826. The summed E-state index contributed by atoms with van der Waals surface area (Å²) in [6.45, 7) is 1.35. The first-order valence-electron chi connectivity index (χ1n) is 8.00. The van der Waals surface area contributed by atoms with E-state index in [1.54, 1.807) is 12.1 Å². The minimum Gasteiger partial charge on any atom is -0.489 e. The number of nitrogens with two attached hydrogens (primary N) is 1. The van der Waals surface area contributed by atoms with Crippen LogP contribution in [0.2, 0.25) is 10.0 Å². The topological polar surface area (TPSA) is 55.6 Å². The molecule has 1 heterocycles. The summed E-state index contributed by atoms with van der Waals surface area (Å²) in [6.07, 6.45) is 1.19. The van der Waals surface area contributed by atoms with Crippen molar-refractivity contribution in [2.45, 2.75) is 18.9 Å². The van der Waals surface area contributed by atoms with E-state index in [0.717, 1.165) is 11.8 Å². The Morgan fingerprint density at radius 2 is 1.77 bits per heavy atom. The van der Waals surface area contributed by atoms with E-state index in [1.165, 1.54) is 12.1 Å². The summed E-state index contributed by atoms with van der Waals surface area (Å²) in [7, 11) is 0. The maximum Gasteiger partial charge on any atom is 0.251 e. The molecule has 1 aliphatic heterocycles. The number of hydrogen-bond acceptors (Lipinski definition) is 3. The lowest BCUT2D eigenvalue weighted by molar-refractivity contribution is 0.0996. The highest BCUT2D eigenvalue weighted by atomic mass is 35.5. The van der Waals surface area contributed by atoms with Crippen LogP contribution in [0.25, 0.3) is 0 Å². The van der Waals surface area contributed by atoms with Crippen molar-refractivity contribution in [2.75, 3.05) is 18.0 Å².